The standard InChI is InChI=1S/C28H32N4O3/c33-27-7-3-12-31(27)14-15-35-24-5-1-4-21(19-24)28(34)32-22-8-9-23(32)17-20(16-22)18-25-26-6-2-11-30(26)13-10-29-25/h1-2,4-6,10-11,13,19-20,22-23H,3,7-9,12,14-18H2. The first-order valence-electron chi connectivity index (χ1n) is 12.9. The Labute approximate surface area is 205 Å². The topological polar surface area (TPSA) is 67.2 Å². The van der Waals surface area contributed by atoms with Crippen LogP contribution in [0.25, 0.3) is 5.52 Å². The zero-order valence-corrected chi connectivity index (χ0v) is 20.0. The maximum atomic E-state index is 13.5. The van der Waals surface area contributed by atoms with Gasteiger partial charge < -0.3 is 18.9 Å². The molecule has 2 unspecified atom stereocenters. The number of rotatable bonds is 7. The first-order chi connectivity index (χ1) is 17.2. The van der Waals surface area contributed by atoms with Crippen LogP contribution < -0.4 is 4.74 Å². The molecular formula is C28H32N4O3. The van der Waals surface area contributed by atoms with Crippen molar-refractivity contribution >= 4 is 17.3 Å². The molecule has 7 nitrogen and oxygen atoms in total. The average molecular weight is 473 g/mol. The number of fused-ring (bicyclic) bond motifs is 3. The lowest BCUT2D eigenvalue weighted by atomic mass is 9.86. The second-order valence-corrected chi connectivity index (χ2v) is 10.2. The molecule has 3 saturated heterocycles. The molecule has 3 fully saturated rings. The van der Waals surface area contributed by atoms with E-state index in [9.17, 15) is 9.59 Å². The molecular weight excluding hydrogens is 440 g/mol. The van der Waals surface area contributed by atoms with Crippen LogP contribution in [0.5, 0.6) is 5.75 Å². The van der Waals surface area contributed by atoms with Crippen molar-refractivity contribution in [2.24, 2.45) is 5.92 Å². The van der Waals surface area contributed by atoms with Gasteiger partial charge >= 0.3 is 0 Å². The molecule has 3 aliphatic rings. The summed E-state index contributed by atoms with van der Waals surface area (Å²) in [5, 5.41) is 0. The smallest absolute Gasteiger partial charge is 0.254 e. The molecule has 3 aromatic rings. The van der Waals surface area contributed by atoms with Crippen LogP contribution >= 0.6 is 0 Å². The number of piperidine rings is 1. The highest BCUT2D eigenvalue weighted by molar-refractivity contribution is 5.95. The van der Waals surface area contributed by atoms with Crippen LogP contribution in [-0.2, 0) is 11.2 Å². The molecule has 35 heavy (non-hydrogen) atoms. The van der Waals surface area contributed by atoms with Gasteiger partial charge in [-0.15, -0.1) is 0 Å². The van der Waals surface area contributed by atoms with Crippen LogP contribution in [0.3, 0.4) is 0 Å². The highest BCUT2D eigenvalue weighted by atomic mass is 16.5. The zero-order valence-electron chi connectivity index (χ0n) is 20.0. The van der Waals surface area contributed by atoms with E-state index in [0.29, 0.717) is 48.9 Å². The quantitative estimate of drug-likeness (QED) is 0.522. The monoisotopic (exact) mass is 472 g/mol. The average Bonchev–Trinajstić information content (AvgIpc) is 3.57. The van der Waals surface area contributed by atoms with Crippen molar-refractivity contribution in [3.63, 3.8) is 0 Å². The second-order valence-electron chi connectivity index (χ2n) is 10.2. The van der Waals surface area contributed by atoms with E-state index in [4.69, 9.17) is 4.74 Å². The molecule has 2 atom stereocenters. The summed E-state index contributed by atoms with van der Waals surface area (Å²) in [7, 11) is 0. The predicted molar refractivity (Wildman–Crippen MR) is 132 cm³/mol. The predicted octanol–water partition coefficient (Wildman–Crippen LogP) is 3.96. The van der Waals surface area contributed by atoms with Gasteiger partial charge in [-0.1, -0.05) is 6.07 Å². The molecule has 7 heteroatoms. The normalized spacial score (nSPS) is 23.9. The number of likely N-dealkylation sites (tertiary alicyclic amines) is 1. The minimum atomic E-state index is 0.114. The van der Waals surface area contributed by atoms with E-state index in [0.717, 1.165) is 50.8 Å². The van der Waals surface area contributed by atoms with Crippen LogP contribution in [0.1, 0.15) is 54.6 Å². The Morgan fingerprint density at radius 2 is 1.94 bits per heavy atom. The van der Waals surface area contributed by atoms with Gasteiger partial charge in [0.25, 0.3) is 5.91 Å². The minimum absolute atomic E-state index is 0.114. The summed E-state index contributed by atoms with van der Waals surface area (Å²) in [5.74, 6) is 1.56. The number of nitrogens with zero attached hydrogens (tertiary/aromatic N) is 4. The maximum Gasteiger partial charge on any atom is 0.254 e. The largest absolute Gasteiger partial charge is 0.492 e. The van der Waals surface area contributed by atoms with Gasteiger partial charge in [-0.3, -0.25) is 14.6 Å². The van der Waals surface area contributed by atoms with Crippen LogP contribution in [0, 0.1) is 5.92 Å². The number of ether oxygens (including phenoxy) is 1. The second kappa shape index (κ2) is 9.36. The van der Waals surface area contributed by atoms with E-state index < -0.39 is 0 Å². The van der Waals surface area contributed by atoms with Crippen LogP contribution in [-0.4, -0.2) is 62.8 Å². The Hall–Kier alpha value is -3.35. The van der Waals surface area contributed by atoms with E-state index in [1.54, 1.807) is 0 Å². The number of carbonyl (C=O) groups is 2. The van der Waals surface area contributed by atoms with Crippen molar-refractivity contribution < 1.29 is 14.3 Å². The summed E-state index contributed by atoms with van der Waals surface area (Å²) in [5.41, 5.74) is 3.03. The van der Waals surface area contributed by atoms with Gasteiger partial charge in [0.2, 0.25) is 5.91 Å². The molecule has 6 rings (SSSR count). The number of benzene rings is 1. The molecule has 0 spiro atoms. The molecule has 0 aliphatic carbocycles. The summed E-state index contributed by atoms with van der Waals surface area (Å²) in [6.07, 6.45) is 12.7. The Bertz CT molecular complexity index is 1220. The molecule has 5 heterocycles. The van der Waals surface area contributed by atoms with Crippen molar-refractivity contribution in [2.75, 3.05) is 19.7 Å². The SMILES string of the molecule is O=C1CCCN1CCOc1cccc(C(=O)N2C3CCC2CC(Cc2nccn4cccc24)C3)c1. The van der Waals surface area contributed by atoms with Gasteiger partial charge in [-0.2, -0.15) is 0 Å². The summed E-state index contributed by atoms with van der Waals surface area (Å²) >= 11 is 0. The van der Waals surface area contributed by atoms with Crippen molar-refractivity contribution in [1.29, 1.82) is 0 Å². The van der Waals surface area contributed by atoms with Crippen molar-refractivity contribution in [1.82, 2.24) is 19.2 Å². The number of hydrogen-bond donors (Lipinski definition) is 0. The molecule has 0 N–H and O–H groups in total. The highest BCUT2D eigenvalue weighted by Crippen LogP contribution is 2.41. The molecule has 0 saturated carbocycles. The molecule has 0 radical (unpaired) electrons. The fourth-order valence-electron chi connectivity index (χ4n) is 6.33. The molecule has 2 aromatic heterocycles. The Kier molecular flexibility index (Phi) is 5.92. The van der Waals surface area contributed by atoms with Crippen LogP contribution in [0.15, 0.2) is 55.0 Å². The first kappa shape index (κ1) is 22.1. The van der Waals surface area contributed by atoms with Gasteiger partial charge in [0.1, 0.15) is 12.4 Å². The van der Waals surface area contributed by atoms with Gasteiger partial charge in [-0.25, -0.2) is 0 Å². The van der Waals surface area contributed by atoms with E-state index in [1.807, 2.05) is 41.6 Å². The van der Waals surface area contributed by atoms with Crippen LogP contribution in [0.2, 0.25) is 0 Å². The van der Waals surface area contributed by atoms with E-state index in [1.165, 1.54) is 5.52 Å². The summed E-state index contributed by atoms with van der Waals surface area (Å²) in [6.45, 7) is 1.86. The lowest BCUT2D eigenvalue weighted by Crippen LogP contribution is -2.47. The third-order valence-corrected chi connectivity index (χ3v) is 7.96. The molecule has 2 bridgehead atoms. The van der Waals surface area contributed by atoms with Crippen molar-refractivity contribution in [3.05, 3.63) is 66.2 Å². The van der Waals surface area contributed by atoms with Gasteiger partial charge in [-0.05, 0) is 74.8 Å². The fourth-order valence-corrected chi connectivity index (χ4v) is 6.33. The number of hydrogen-bond acceptors (Lipinski definition) is 4. The Morgan fingerprint density at radius 1 is 1.09 bits per heavy atom. The number of carbonyl (C=O) groups excluding carboxylic acids is 2. The lowest BCUT2D eigenvalue weighted by molar-refractivity contribution is -0.128. The third-order valence-electron chi connectivity index (χ3n) is 7.96. The van der Waals surface area contributed by atoms with Gasteiger partial charge in [0.15, 0.2) is 0 Å². The molecule has 3 aliphatic heterocycles. The van der Waals surface area contributed by atoms with Crippen molar-refractivity contribution in [2.45, 2.75) is 57.0 Å². The van der Waals surface area contributed by atoms with E-state index in [-0.39, 0.29) is 11.8 Å². The molecule has 182 valence electrons. The fraction of sp³-hybridized carbons (Fsp3) is 0.464. The highest BCUT2D eigenvalue weighted by Gasteiger charge is 2.43. The molecule has 2 amide bonds. The maximum absolute atomic E-state index is 13.5. The zero-order chi connectivity index (χ0) is 23.8. The van der Waals surface area contributed by atoms with Crippen molar-refractivity contribution in [3.8, 4) is 5.75 Å². The summed E-state index contributed by atoms with van der Waals surface area (Å²) in [6, 6.07) is 12.3. The first-order valence-corrected chi connectivity index (χ1v) is 12.9. The lowest BCUT2D eigenvalue weighted by Gasteiger charge is -2.39. The Morgan fingerprint density at radius 3 is 2.74 bits per heavy atom. The number of aromatic nitrogens is 2. The Balaban J connectivity index is 1.09. The van der Waals surface area contributed by atoms with Gasteiger partial charge in [0, 0.05) is 49.2 Å². The van der Waals surface area contributed by atoms with Crippen LogP contribution in [0.4, 0.5) is 0 Å². The third kappa shape index (κ3) is 4.40. The van der Waals surface area contributed by atoms with E-state index in [2.05, 4.69) is 32.6 Å². The number of amides is 2. The summed E-state index contributed by atoms with van der Waals surface area (Å²) < 4.78 is 8.03. The van der Waals surface area contributed by atoms with E-state index >= 15 is 0 Å². The molecule has 1 aromatic carbocycles. The minimum Gasteiger partial charge on any atom is -0.492 e. The summed E-state index contributed by atoms with van der Waals surface area (Å²) in [4.78, 5) is 34.0. The van der Waals surface area contributed by atoms with Gasteiger partial charge in [0.05, 0.1) is 17.8 Å².